The SMILES string of the molecule is C.CC(C)C.CC(C)ON1CCCC1. The largest absolute Gasteiger partial charge is 0.296 e. The topological polar surface area (TPSA) is 12.5 Å². The van der Waals surface area contributed by atoms with E-state index in [-0.39, 0.29) is 7.43 Å². The third-order valence-corrected chi connectivity index (χ3v) is 1.42. The van der Waals surface area contributed by atoms with Gasteiger partial charge >= 0.3 is 0 Å². The molecule has 0 aromatic carbocycles. The van der Waals surface area contributed by atoms with E-state index in [4.69, 9.17) is 4.84 Å². The fourth-order valence-electron chi connectivity index (χ4n) is 1.09. The predicted octanol–water partition coefficient (Wildman–Crippen LogP) is 3.72. The van der Waals surface area contributed by atoms with Crippen molar-refractivity contribution in [2.75, 3.05) is 13.1 Å². The van der Waals surface area contributed by atoms with Crippen LogP contribution in [-0.2, 0) is 4.84 Å². The lowest BCUT2D eigenvalue weighted by Crippen LogP contribution is -2.23. The Labute approximate surface area is 90.6 Å². The van der Waals surface area contributed by atoms with Crippen LogP contribution >= 0.6 is 0 Å². The van der Waals surface area contributed by atoms with E-state index in [9.17, 15) is 0 Å². The summed E-state index contributed by atoms with van der Waals surface area (Å²) in [5.74, 6) is 0.833. The first-order valence-corrected chi connectivity index (χ1v) is 5.44. The van der Waals surface area contributed by atoms with Crippen molar-refractivity contribution in [1.82, 2.24) is 5.06 Å². The molecule has 1 rings (SSSR count). The quantitative estimate of drug-likeness (QED) is 0.678. The first-order valence-electron chi connectivity index (χ1n) is 5.44. The van der Waals surface area contributed by atoms with Crippen LogP contribution in [0.15, 0.2) is 0 Å². The van der Waals surface area contributed by atoms with Gasteiger partial charge in [-0.2, -0.15) is 5.06 Å². The molecule has 0 bridgehead atoms. The summed E-state index contributed by atoms with van der Waals surface area (Å²) < 4.78 is 0. The van der Waals surface area contributed by atoms with Crippen LogP contribution in [0, 0.1) is 5.92 Å². The normalized spacial score (nSPS) is 16.5. The fourth-order valence-corrected chi connectivity index (χ4v) is 1.09. The number of hydrogen-bond donors (Lipinski definition) is 0. The predicted molar refractivity (Wildman–Crippen MR) is 64.3 cm³/mol. The van der Waals surface area contributed by atoms with Gasteiger partial charge in [0.2, 0.25) is 0 Å². The second-order valence-corrected chi connectivity index (χ2v) is 4.52. The van der Waals surface area contributed by atoms with E-state index in [1.54, 1.807) is 0 Å². The second-order valence-electron chi connectivity index (χ2n) is 4.52. The third kappa shape index (κ3) is 11.9. The van der Waals surface area contributed by atoms with E-state index in [1.807, 2.05) is 0 Å². The summed E-state index contributed by atoms with van der Waals surface area (Å²) >= 11 is 0. The monoisotopic (exact) mass is 203 g/mol. The lowest BCUT2D eigenvalue weighted by Gasteiger charge is -2.17. The summed E-state index contributed by atoms with van der Waals surface area (Å²) in [5, 5.41) is 2.06. The second kappa shape index (κ2) is 9.47. The van der Waals surface area contributed by atoms with Gasteiger partial charge in [-0.25, -0.2) is 0 Å². The van der Waals surface area contributed by atoms with Gasteiger partial charge in [0.05, 0.1) is 6.10 Å². The average molecular weight is 203 g/mol. The standard InChI is InChI=1S/C7H15NO.C4H10.CH4/c1-7(2)9-8-5-3-4-6-8;1-4(2)3;/h7H,3-6H2,1-2H3;4H,1-3H3;1H4. The summed E-state index contributed by atoms with van der Waals surface area (Å²) in [4.78, 5) is 5.44. The van der Waals surface area contributed by atoms with Crippen molar-refractivity contribution in [3.63, 3.8) is 0 Å². The Balaban J connectivity index is 0. The summed E-state index contributed by atoms with van der Waals surface area (Å²) in [5.41, 5.74) is 0. The summed E-state index contributed by atoms with van der Waals surface area (Å²) in [6.45, 7) is 12.9. The molecule has 1 heterocycles. The van der Waals surface area contributed by atoms with Gasteiger partial charge < -0.3 is 0 Å². The van der Waals surface area contributed by atoms with E-state index in [0.717, 1.165) is 19.0 Å². The average Bonchev–Trinajstić information content (AvgIpc) is 2.36. The Hall–Kier alpha value is -0.0800. The number of hydroxylamine groups is 2. The molecule has 0 radical (unpaired) electrons. The van der Waals surface area contributed by atoms with Crippen LogP contribution in [0.1, 0.15) is 54.9 Å². The molecule has 0 atom stereocenters. The minimum atomic E-state index is 0. The smallest absolute Gasteiger partial charge is 0.0737 e. The van der Waals surface area contributed by atoms with Crippen molar-refractivity contribution < 1.29 is 4.84 Å². The van der Waals surface area contributed by atoms with Crippen LogP contribution in [0.3, 0.4) is 0 Å². The lowest BCUT2D eigenvalue weighted by molar-refractivity contribution is -0.172. The van der Waals surface area contributed by atoms with Gasteiger partial charge in [-0.05, 0) is 32.6 Å². The summed E-state index contributed by atoms with van der Waals surface area (Å²) in [6.07, 6.45) is 2.95. The molecule has 0 aromatic heterocycles. The molecule has 2 nitrogen and oxygen atoms in total. The maximum Gasteiger partial charge on any atom is 0.0737 e. The molecular weight excluding hydrogens is 174 g/mol. The number of nitrogens with zero attached hydrogens (tertiary/aromatic N) is 1. The molecule has 0 saturated carbocycles. The Bertz CT molecular complexity index is 104. The van der Waals surface area contributed by atoms with E-state index < -0.39 is 0 Å². The zero-order chi connectivity index (χ0) is 10.3. The van der Waals surface area contributed by atoms with Gasteiger partial charge in [0.1, 0.15) is 0 Å². The molecule has 14 heavy (non-hydrogen) atoms. The molecule has 0 aliphatic carbocycles. The van der Waals surface area contributed by atoms with Crippen molar-refractivity contribution >= 4 is 0 Å². The molecule has 1 saturated heterocycles. The highest BCUT2D eigenvalue weighted by Gasteiger charge is 2.12. The highest BCUT2D eigenvalue weighted by Crippen LogP contribution is 2.08. The molecule has 1 aliphatic heterocycles. The molecule has 1 fully saturated rings. The highest BCUT2D eigenvalue weighted by molar-refractivity contribution is 4.57. The Morgan fingerprint density at radius 3 is 1.57 bits per heavy atom. The van der Waals surface area contributed by atoms with Gasteiger partial charge in [0.25, 0.3) is 0 Å². The zero-order valence-electron chi connectivity index (χ0n) is 9.84. The number of rotatable bonds is 2. The van der Waals surface area contributed by atoms with Crippen LogP contribution in [0.4, 0.5) is 0 Å². The van der Waals surface area contributed by atoms with Crippen LogP contribution < -0.4 is 0 Å². The minimum absolute atomic E-state index is 0. The molecule has 0 amide bonds. The Morgan fingerprint density at radius 2 is 1.29 bits per heavy atom. The third-order valence-electron chi connectivity index (χ3n) is 1.42. The Kier molecular flexibility index (Phi) is 11.1. The number of hydrogen-bond acceptors (Lipinski definition) is 2. The minimum Gasteiger partial charge on any atom is -0.296 e. The molecule has 88 valence electrons. The molecule has 1 aliphatic rings. The van der Waals surface area contributed by atoms with Crippen molar-refractivity contribution in [2.45, 2.75) is 61.0 Å². The highest BCUT2D eigenvalue weighted by atomic mass is 16.7. The van der Waals surface area contributed by atoms with E-state index in [1.165, 1.54) is 12.8 Å². The molecule has 2 heteroatoms. The maximum atomic E-state index is 5.44. The molecule has 0 N–H and O–H groups in total. The van der Waals surface area contributed by atoms with E-state index in [2.05, 4.69) is 39.7 Å². The molecule has 0 spiro atoms. The molecular formula is C12H29NO. The van der Waals surface area contributed by atoms with Gasteiger partial charge in [0.15, 0.2) is 0 Å². The fraction of sp³-hybridized carbons (Fsp3) is 1.00. The maximum absolute atomic E-state index is 5.44. The van der Waals surface area contributed by atoms with Crippen LogP contribution in [0.2, 0.25) is 0 Å². The lowest BCUT2D eigenvalue weighted by atomic mass is 10.3. The van der Waals surface area contributed by atoms with Gasteiger partial charge in [-0.15, -0.1) is 0 Å². The summed E-state index contributed by atoms with van der Waals surface area (Å²) in [7, 11) is 0. The van der Waals surface area contributed by atoms with Crippen LogP contribution in [0.25, 0.3) is 0 Å². The summed E-state index contributed by atoms with van der Waals surface area (Å²) in [6, 6.07) is 0. The van der Waals surface area contributed by atoms with Gasteiger partial charge in [-0.1, -0.05) is 28.2 Å². The van der Waals surface area contributed by atoms with Gasteiger partial charge in [0, 0.05) is 13.1 Å². The van der Waals surface area contributed by atoms with Crippen molar-refractivity contribution in [3.05, 3.63) is 0 Å². The van der Waals surface area contributed by atoms with Crippen LogP contribution in [0.5, 0.6) is 0 Å². The van der Waals surface area contributed by atoms with Crippen molar-refractivity contribution in [1.29, 1.82) is 0 Å². The van der Waals surface area contributed by atoms with Crippen molar-refractivity contribution in [3.8, 4) is 0 Å². The zero-order valence-corrected chi connectivity index (χ0v) is 9.84. The molecule has 0 unspecified atom stereocenters. The Morgan fingerprint density at radius 1 is 0.929 bits per heavy atom. The van der Waals surface area contributed by atoms with E-state index >= 15 is 0 Å². The van der Waals surface area contributed by atoms with Crippen molar-refractivity contribution in [2.24, 2.45) is 5.92 Å². The molecule has 0 aromatic rings. The van der Waals surface area contributed by atoms with Gasteiger partial charge in [-0.3, -0.25) is 4.84 Å². The first kappa shape index (κ1) is 16.4. The first-order chi connectivity index (χ1) is 6.02. The van der Waals surface area contributed by atoms with E-state index in [0.29, 0.717) is 6.10 Å². The van der Waals surface area contributed by atoms with Crippen LogP contribution in [-0.4, -0.2) is 24.3 Å².